The lowest BCUT2D eigenvalue weighted by Gasteiger charge is -2.35. The van der Waals surface area contributed by atoms with Crippen molar-refractivity contribution in [3.05, 3.63) is 198 Å². The average Bonchev–Trinajstić information content (AvgIpc) is 4.18. The van der Waals surface area contributed by atoms with Crippen molar-refractivity contribution < 1.29 is 4.79 Å². The predicted molar refractivity (Wildman–Crippen MR) is 247 cm³/mol. The first kappa shape index (κ1) is 35.3. The van der Waals surface area contributed by atoms with Crippen molar-refractivity contribution in [3.8, 4) is 44.5 Å². The molecule has 61 heavy (non-hydrogen) atoms. The maximum atomic E-state index is 15.0. The van der Waals surface area contributed by atoms with Crippen molar-refractivity contribution in [2.24, 2.45) is 0 Å². The Morgan fingerprint density at radius 2 is 0.934 bits per heavy atom. The zero-order chi connectivity index (χ0) is 40.7. The molecule has 8 aromatic rings. The highest BCUT2D eigenvalue weighted by atomic mass is 16.2. The number of carbonyl (C=O) groups excluding carboxylic acids is 1. The Morgan fingerprint density at radius 1 is 0.508 bits per heavy atom. The number of fused-ring (bicyclic) bond motifs is 14. The van der Waals surface area contributed by atoms with Crippen LogP contribution in [0.2, 0.25) is 0 Å². The smallest absolute Gasteiger partial charge is 0.250 e. The van der Waals surface area contributed by atoms with Crippen LogP contribution in [0.3, 0.4) is 0 Å². The molecule has 4 aliphatic rings. The quantitative estimate of drug-likeness (QED) is 0.166. The first-order valence-corrected chi connectivity index (χ1v) is 20.9. The number of likely N-dealkylation sites (N-methyl/N-ethyl adjacent to an activating group) is 1. The van der Waals surface area contributed by atoms with E-state index in [0.29, 0.717) is 6.54 Å². The van der Waals surface area contributed by atoms with Gasteiger partial charge in [-0.2, -0.15) is 0 Å². The minimum absolute atomic E-state index is 0.0220. The number of benzene rings is 5. The summed E-state index contributed by atoms with van der Waals surface area (Å²) in [6.45, 7) is 0.629. The Balaban J connectivity index is 1.30. The van der Waals surface area contributed by atoms with Gasteiger partial charge in [-0.15, -0.1) is 0 Å². The molecule has 4 aliphatic heterocycles. The van der Waals surface area contributed by atoms with Crippen LogP contribution in [-0.2, 0) is 10.3 Å². The first-order chi connectivity index (χ1) is 30.1. The monoisotopic (exact) mass is 788 g/mol. The molecule has 3 aromatic heterocycles. The number of aromatic nitrogens is 4. The SMILES string of the molecule is CN1CC2c3nc(c(-c4ccccc4)c4ccc([nH]4)c(-c4ccccc4)c4nc(c(-c5ccccc5)c5ccc([nH]5)c3-c3ccccc3)C=C4)C2C12C(=O)Nc1ccccc12. The Bertz CT molecular complexity index is 3240. The van der Waals surface area contributed by atoms with Gasteiger partial charge in [-0.1, -0.05) is 140 Å². The molecular weight excluding hydrogens is 749 g/mol. The Morgan fingerprint density at radius 3 is 1.44 bits per heavy atom. The second-order valence-electron chi connectivity index (χ2n) is 16.4. The number of amides is 1. The van der Waals surface area contributed by atoms with E-state index in [0.717, 1.165) is 101 Å². The van der Waals surface area contributed by atoms with Gasteiger partial charge >= 0.3 is 0 Å². The molecule has 3 atom stereocenters. The van der Waals surface area contributed by atoms with E-state index in [1.54, 1.807) is 0 Å². The number of aromatic amines is 2. The normalized spacial score (nSPS) is 18.9. The highest BCUT2D eigenvalue weighted by molar-refractivity contribution is 6.08. The molecule has 1 saturated heterocycles. The molecule has 8 bridgehead atoms. The second-order valence-corrected chi connectivity index (χ2v) is 16.4. The van der Waals surface area contributed by atoms with E-state index in [-0.39, 0.29) is 17.7 Å². The van der Waals surface area contributed by atoms with Crippen LogP contribution in [0.25, 0.3) is 78.7 Å². The molecule has 0 aliphatic carbocycles. The van der Waals surface area contributed by atoms with Gasteiger partial charge in [0, 0.05) is 74.0 Å². The van der Waals surface area contributed by atoms with Crippen molar-refractivity contribution in [1.82, 2.24) is 24.8 Å². The van der Waals surface area contributed by atoms with Crippen LogP contribution >= 0.6 is 0 Å². The molecule has 292 valence electrons. The van der Waals surface area contributed by atoms with Crippen molar-refractivity contribution in [2.45, 2.75) is 17.4 Å². The summed E-state index contributed by atoms with van der Waals surface area (Å²) in [5.74, 6) is -0.485. The lowest BCUT2D eigenvalue weighted by Crippen LogP contribution is -2.48. The van der Waals surface area contributed by atoms with Gasteiger partial charge < -0.3 is 15.3 Å². The molecule has 7 heteroatoms. The van der Waals surface area contributed by atoms with E-state index in [9.17, 15) is 4.79 Å². The highest BCUT2D eigenvalue weighted by Gasteiger charge is 2.65. The number of anilines is 1. The molecule has 7 nitrogen and oxygen atoms in total. The zero-order valence-electron chi connectivity index (χ0n) is 33.4. The number of hydrogen-bond donors (Lipinski definition) is 3. The van der Waals surface area contributed by atoms with Gasteiger partial charge in [-0.25, -0.2) is 4.98 Å². The van der Waals surface area contributed by atoms with Crippen LogP contribution in [0, 0.1) is 0 Å². The lowest BCUT2D eigenvalue weighted by molar-refractivity contribution is -0.126. The fourth-order valence-electron chi connectivity index (χ4n) is 10.6. The fourth-order valence-corrected chi connectivity index (χ4v) is 10.6. The van der Waals surface area contributed by atoms with E-state index in [1.807, 2.05) is 36.4 Å². The van der Waals surface area contributed by atoms with E-state index in [2.05, 4.69) is 173 Å². The van der Waals surface area contributed by atoms with Crippen LogP contribution in [-0.4, -0.2) is 44.3 Å². The maximum Gasteiger partial charge on any atom is 0.250 e. The van der Waals surface area contributed by atoms with Gasteiger partial charge in [-0.3, -0.25) is 14.7 Å². The number of likely N-dealkylation sites (tertiary alicyclic amines) is 1. The van der Waals surface area contributed by atoms with Crippen LogP contribution in [0.5, 0.6) is 0 Å². The summed E-state index contributed by atoms with van der Waals surface area (Å²) >= 11 is 0. The number of nitrogens with zero attached hydrogens (tertiary/aromatic N) is 3. The third kappa shape index (κ3) is 5.30. The Kier molecular flexibility index (Phi) is 7.95. The minimum atomic E-state index is -1.01. The van der Waals surface area contributed by atoms with Gasteiger partial charge in [0.25, 0.3) is 0 Å². The number of hydrogen-bond acceptors (Lipinski definition) is 4. The number of H-pyrrole nitrogens is 2. The minimum Gasteiger partial charge on any atom is -0.354 e. The van der Waals surface area contributed by atoms with Crippen molar-refractivity contribution in [3.63, 3.8) is 0 Å². The van der Waals surface area contributed by atoms with Crippen LogP contribution in [0.15, 0.2) is 170 Å². The van der Waals surface area contributed by atoms with E-state index in [1.165, 1.54) is 0 Å². The van der Waals surface area contributed by atoms with Gasteiger partial charge in [0.05, 0.1) is 22.8 Å². The summed E-state index contributed by atoms with van der Waals surface area (Å²) in [6, 6.07) is 59.0. The standard InChI is InChI=1S/C54H40N6O/c1-60-32-37-50(54(60)38-24-14-15-25-39(38)58-53(54)61)52-49(36-22-12-5-13-23-36)45-31-29-43(57-45)47(34-18-8-3-9-19-34)41-27-26-40(55-41)46(33-16-6-2-7-17-33)42-28-30-44(56-42)48(51(37)59-52)35-20-10-4-11-21-35/h2-31,37,50,56-57H,32H2,1H3,(H,58,61). The third-order valence-corrected chi connectivity index (χ3v) is 13.1. The van der Waals surface area contributed by atoms with Crippen LogP contribution < -0.4 is 5.32 Å². The largest absolute Gasteiger partial charge is 0.354 e. The molecule has 3 unspecified atom stereocenters. The highest BCUT2D eigenvalue weighted by Crippen LogP contribution is 2.62. The van der Waals surface area contributed by atoms with E-state index < -0.39 is 5.54 Å². The van der Waals surface area contributed by atoms with E-state index >= 15 is 0 Å². The summed E-state index contributed by atoms with van der Waals surface area (Å²) in [7, 11) is 2.11. The number of carbonyl (C=O) groups is 1. The summed E-state index contributed by atoms with van der Waals surface area (Å²) in [6.07, 6.45) is 4.27. The summed E-state index contributed by atoms with van der Waals surface area (Å²) in [5.41, 5.74) is 16.4. The van der Waals surface area contributed by atoms with Gasteiger partial charge in [-0.05, 0) is 71.8 Å². The molecule has 3 N–H and O–H groups in total. The number of nitrogens with one attached hydrogen (secondary N) is 3. The summed E-state index contributed by atoms with van der Waals surface area (Å²) in [5, 5.41) is 3.32. The molecule has 0 radical (unpaired) electrons. The molecular formula is C54H40N6O. The molecule has 5 aromatic carbocycles. The molecule has 12 rings (SSSR count). The second kappa shape index (κ2) is 13.7. The number of para-hydroxylation sites is 1. The lowest BCUT2D eigenvalue weighted by atomic mass is 9.72. The van der Waals surface area contributed by atoms with Gasteiger partial charge in [0.15, 0.2) is 0 Å². The average molecular weight is 789 g/mol. The molecule has 1 amide bonds. The zero-order valence-corrected chi connectivity index (χ0v) is 33.4. The molecule has 1 spiro atoms. The van der Waals surface area contributed by atoms with Crippen molar-refractivity contribution in [1.29, 1.82) is 0 Å². The maximum absolute atomic E-state index is 15.0. The number of rotatable bonds is 4. The van der Waals surface area contributed by atoms with Crippen molar-refractivity contribution >= 4 is 45.8 Å². The van der Waals surface area contributed by atoms with Gasteiger partial charge in [0.1, 0.15) is 5.54 Å². The van der Waals surface area contributed by atoms with Crippen LogP contribution in [0.1, 0.15) is 40.2 Å². The Labute approximate surface area is 353 Å². The fraction of sp³-hybridized carbons (Fsp3) is 0.0926. The van der Waals surface area contributed by atoms with Crippen molar-refractivity contribution in [2.75, 3.05) is 18.9 Å². The molecule has 0 saturated carbocycles. The van der Waals surface area contributed by atoms with E-state index in [4.69, 9.17) is 9.97 Å². The topological polar surface area (TPSA) is 89.7 Å². The molecule has 1 fully saturated rings. The van der Waals surface area contributed by atoms with Crippen LogP contribution in [0.4, 0.5) is 5.69 Å². The third-order valence-electron chi connectivity index (χ3n) is 13.1. The van der Waals surface area contributed by atoms with Gasteiger partial charge in [0.2, 0.25) is 5.91 Å². The summed E-state index contributed by atoms with van der Waals surface area (Å²) in [4.78, 5) is 36.4. The predicted octanol–water partition coefficient (Wildman–Crippen LogP) is 11.8. The Hall–Kier alpha value is -7.61. The summed E-state index contributed by atoms with van der Waals surface area (Å²) < 4.78 is 0. The molecule has 7 heterocycles. The first-order valence-electron chi connectivity index (χ1n) is 20.9.